The van der Waals surface area contributed by atoms with Gasteiger partial charge in [-0.2, -0.15) is 0 Å². The van der Waals surface area contributed by atoms with Crippen molar-refractivity contribution in [3.63, 3.8) is 0 Å². The highest BCUT2D eigenvalue weighted by Gasteiger charge is 2.05. The van der Waals surface area contributed by atoms with Crippen molar-refractivity contribution < 1.29 is 9.47 Å². The minimum Gasteiger partial charge on any atom is -0.497 e. The third kappa shape index (κ3) is 3.06. The molecule has 1 aromatic rings. The fourth-order valence-corrected chi connectivity index (χ4v) is 1.70. The minimum atomic E-state index is 0.652. The van der Waals surface area contributed by atoms with Gasteiger partial charge in [0.25, 0.3) is 0 Å². The molecule has 4 nitrogen and oxygen atoms in total. The van der Waals surface area contributed by atoms with Gasteiger partial charge in [-0.05, 0) is 18.6 Å². The molecule has 1 N–H and O–H groups in total. The first kappa shape index (κ1) is 11.6. The van der Waals surface area contributed by atoms with Gasteiger partial charge in [0.15, 0.2) is 6.73 Å². The van der Waals surface area contributed by atoms with E-state index < -0.39 is 0 Å². The molecular formula is C13H18N2O2. The highest BCUT2D eigenvalue weighted by molar-refractivity contribution is 5.54. The summed E-state index contributed by atoms with van der Waals surface area (Å²) in [5, 5.41) is 3.40. The van der Waals surface area contributed by atoms with Crippen LogP contribution < -0.4 is 10.1 Å². The molecule has 0 spiro atoms. The number of methoxy groups -OCH3 is 1. The molecule has 1 aromatic carbocycles. The van der Waals surface area contributed by atoms with Crippen molar-refractivity contribution in [2.24, 2.45) is 0 Å². The first-order chi connectivity index (χ1) is 8.29. The average molecular weight is 234 g/mol. The van der Waals surface area contributed by atoms with Crippen LogP contribution in [0.15, 0.2) is 30.7 Å². The van der Waals surface area contributed by atoms with Crippen LogP contribution in [0.4, 0.5) is 5.69 Å². The molecule has 1 heterocycles. The number of aryl methyl sites for hydroxylation is 1. The first-order valence-corrected chi connectivity index (χ1v) is 5.70. The summed E-state index contributed by atoms with van der Waals surface area (Å²) in [4.78, 5) is 2.11. The molecule has 2 rings (SSSR count). The average Bonchev–Trinajstić information content (AvgIpc) is 2.84. The molecule has 4 heteroatoms. The molecule has 92 valence electrons. The summed E-state index contributed by atoms with van der Waals surface area (Å²) < 4.78 is 10.3. The quantitative estimate of drug-likeness (QED) is 0.846. The summed E-state index contributed by atoms with van der Waals surface area (Å²) in [5.41, 5.74) is 2.34. The molecule has 17 heavy (non-hydrogen) atoms. The van der Waals surface area contributed by atoms with Crippen LogP contribution in [0.5, 0.6) is 5.75 Å². The van der Waals surface area contributed by atoms with E-state index in [0.717, 1.165) is 24.5 Å². The molecule has 0 radical (unpaired) electrons. The second kappa shape index (κ2) is 5.48. The molecule has 1 aliphatic heterocycles. The van der Waals surface area contributed by atoms with E-state index in [1.165, 1.54) is 5.56 Å². The zero-order valence-electron chi connectivity index (χ0n) is 10.3. The van der Waals surface area contributed by atoms with Crippen molar-refractivity contribution in [1.29, 1.82) is 0 Å². The van der Waals surface area contributed by atoms with Crippen LogP contribution in [0.3, 0.4) is 0 Å². The first-order valence-electron chi connectivity index (χ1n) is 5.70. The number of anilines is 1. The Hall–Kier alpha value is -1.84. The largest absolute Gasteiger partial charge is 0.497 e. The lowest BCUT2D eigenvalue weighted by Crippen LogP contribution is -2.23. The maximum absolute atomic E-state index is 5.21. The van der Waals surface area contributed by atoms with Gasteiger partial charge in [0, 0.05) is 31.0 Å². The maximum Gasteiger partial charge on any atom is 0.160 e. The van der Waals surface area contributed by atoms with Gasteiger partial charge in [0.1, 0.15) is 12.0 Å². The van der Waals surface area contributed by atoms with Gasteiger partial charge in [0.05, 0.1) is 7.11 Å². The van der Waals surface area contributed by atoms with Crippen LogP contribution in [0.25, 0.3) is 0 Å². The van der Waals surface area contributed by atoms with E-state index in [1.54, 1.807) is 13.4 Å². The molecule has 0 fully saturated rings. The number of hydrogen-bond donors (Lipinski definition) is 1. The van der Waals surface area contributed by atoms with Crippen LogP contribution in [0.1, 0.15) is 5.56 Å². The van der Waals surface area contributed by atoms with Gasteiger partial charge in [-0.3, -0.25) is 0 Å². The molecule has 0 bridgehead atoms. The summed E-state index contributed by atoms with van der Waals surface area (Å²) >= 11 is 0. The zero-order valence-corrected chi connectivity index (χ0v) is 10.3. The Bertz CT molecular complexity index is 404. The molecule has 0 saturated carbocycles. The Kier molecular flexibility index (Phi) is 3.75. The Balaban J connectivity index is 1.87. The summed E-state index contributed by atoms with van der Waals surface area (Å²) in [7, 11) is 1.68. The smallest absolute Gasteiger partial charge is 0.160 e. The van der Waals surface area contributed by atoms with Crippen molar-refractivity contribution in [2.75, 3.05) is 32.2 Å². The minimum absolute atomic E-state index is 0.652. The number of rotatable bonds is 5. The molecule has 0 aromatic heterocycles. The van der Waals surface area contributed by atoms with E-state index in [2.05, 4.69) is 23.2 Å². The second-order valence-electron chi connectivity index (χ2n) is 4.00. The van der Waals surface area contributed by atoms with E-state index in [9.17, 15) is 0 Å². The van der Waals surface area contributed by atoms with Crippen molar-refractivity contribution in [2.45, 2.75) is 6.92 Å². The predicted octanol–water partition coefficient (Wildman–Crippen LogP) is 2.18. The normalized spacial score (nSPS) is 13.6. The van der Waals surface area contributed by atoms with E-state index in [4.69, 9.17) is 9.47 Å². The molecule has 0 aliphatic carbocycles. The highest BCUT2D eigenvalue weighted by atomic mass is 16.5. The maximum atomic E-state index is 5.21. The summed E-state index contributed by atoms with van der Waals surface area (Å²) in [5.74, 6) is 0.877. The Morgan fingerprint density at radius 2 is 2.35 bits per heavy atom. The van der Waals surface area contributed by atoms with E-state index >= 15 is 0 Å². The SMILES string of the molecule is COc1ccc(C)c(NCCN2C=COC2)c1. The monoisotopic (exact) mass is 234 g/mol. The Morgan fingerprint density at radius 1 is 1.47 bits per heavy atom. The van der Waals surface area contributed by atoms with Gasteiger partial charge >= 0.3 is 0 Å². The van der Waals surface area contributed by atoms with Gasteiger partial charge < -0.3 is 19.7 Å². The van der Waals surface area contributed by atoms with Crippen molar-refractivity contribution in [1.82, 2.24) is 4.90 Å². The fourth-order valence-electron chi connectivity index (χ4n) is 1.70. The second-order valence-corrected chi connectivity index (χ2v) is 4.00. The third-order valence-corrected chi connectivity index (χ3v) is 2.77. The number of benzene rings is 1. The van der Waals surface area contributed by atoms with Gasteiger partial charge in [0.2, 0.25) is 0 Å². The van der Waals surface area contributed by atoms with E-state index in [0.29, 0.717) is 6.73 Å². The zero-order chi connectivity index (χ0) is 12.1. The Morgan fingerprint density at radius 3 is 3.06 bits per heavy atom. The lowest BCUT2D eigenvalue weighted by atomic mass is 10.2. The third-order valence-electron chi connectivity index (χ3n) is 2.77. The van der Waals surface area contributed by atoms with Crippen LogP contribution in [0, 0.1) is 6.92 Å². The molecule has 0 atom stereocenters. The number of hydrogen-bond acceptors (Lipinski definition) is 4. The summed E-state index contributed by atoms with van der Waals surface area (Å²) in [6, 6.07) is 6.04. The molecule has 0 saturated heterocycles. The number of nitrogens with one attached hydrogen (secondary N) is 1. The molecule has 1 aliphatic rings. The van der Waals surface area contributed by atoms with Gasteiger partial charge in [-0.25, -0.2) is 0 Å². The predicted molar refractivity (Wildman–Crippen MR) is 68.0 cm³/mol. The van der Waals surface area contributed by atoms with E-state index in [-0.39, 0.29) is 0 Å². The summed E-state index contributed by atoms with van der Waals surface area (Å²) in [6.45, 7) is 4.54. The molecule has 0 unspecified atom stereocenters. The highest BCUT2D eigenvalue weighted by Crippen LogP contribution is 2.21. The van der Waals surface area contributed by atoms with Crippen LogP contribution in [0.2, 0.25) is 0 Å². The van der Waals surface area contributed by atoms with Crippen LogP contribution in [-0.4, -0.2) is 31.8 Å². The van der Waals surface area contributed by atoms with E-state index in [1.807, 2.05) is 18.3 Å². The van der Waals surface area contributed by atoms with Crippen molar-refractivity contribution in [3.05, 3.63) is 36.2 Å². The number of ether oxygens (including phenoxy) is 2. The fraction of sp³-hybridized carbons (Fsp3) is 0.385. The Labute approximate surface area is 102 Å². The van der Waals surface area contributed by atoms with Crippen molar-refractivity contribution >= 4 is 5.69 Å². The topological polar surface area (TPSA) is 33.7 Å². The molecule has 0 amide bonds. The van der Waals surface area contributed by atoms with Crippen molar-refractivity contribution in [3.8, 4) is 5.75 Å². The van der Waals surface area contributed by atoms with Crippen LogP contribution in [-0.2, 0) is 4.74 Å². The number of nitrogens with zero attached hydrogens (tertiary/aromatic N) is 1. The van der Waals surface area contributed by atoms with Gasteiger partial charge in [-0.1, -0.05) is 6.07 Å². The lowest BCUT2D eigenvalue weighted by Gasteiger charge is -2.16. The summed E-state index contributed by atoms with van der Waals surface area (Å²) in [6.07, 6.45) is 3.68. The van der Waals surface area contributed by atoms with Crippen LogP contribution >= 0.6 is 0 Å². The molecular weight excluding hydrogens is 216 g/mol. The van der Waals surface area contributed by atoms with Gasteiger partial charge in [-0.15, -0.1) is 0 Å². The standard InChI is InChI=1S/C13H18N2O2/c1-11-3-4-12(16-2)9-13(11)14-5-6-15-7-8-17-10-15/h3-4,7-9,14H,5-6,10H2,1-2H3. The lowest BCUT2D eigenvalue weighted by molar-refractivity contribution is 0.175.